The van der Waals surface area contributed by atoms with Gasteiger partial charge in [-0.3, -0.25) is 15.0 Å². The van der Waals surface area contributed by atoms with E-state index in [-0.39, 0.29) is 36.5 Å². The first kappa shape index (κ1) is 18.7. The van der Waals surface area contributed by atoms with Gasteiger partial charge in [-0.2, -0.15) is 0 Å². The first-order chi connectivity index (χ1) is 13.5. The van der Waals surface area contributed by atoms with Gasteiger partial charge in [-0.25, -0.2) is 5.43 Å². The number of hydrogen-bond acceptors (Lipinski definition) is 4. The van der Waals surface area contributed by atoms with Crippen LogP contribution >= 0.6 is 0 Å². The summed E-state index contributed by atoms with van der Waals surface area (Å²) in [6.07, 6.45) is 0.735. The van der Waals surface area contributed by atoms with Crippen LogP contribution < -0.4 is 15.8 Å². The zero-order valence-corrected chi connectivity index (χ0v) is 16.3. The molecule has 6 heteroatoms. The molecule has 28 heavy (non-hydrogen) atoms. The number of piperazine rings is 1. The van der Waals surface area contributed by atoms with Crippen molar-refractivity contribution in [2.45, 2.75) is 38.4 Å². The molecule has 2 fully saturated rings. The number of anilines is 1. The molecule has 2 aliphatic heterocycles. The maximum Gasteiger partial charge on any atom is 0.246 e. The molecule has 2 aliphatic rings. The number of rotatable bonds is 3. The third-order valence-corrected chi connectivity index (χ3v) is 5.52. The summed E-state index contributed by atoms with van der Waals surface area (Å²) in [6, 6.07) is 18.1. The van der Waals surface area contributed by atoms with Crippen LogP contribution in [0.2, 0.25) is 0 Å². The maximum atomic E-state index is 12.9. The van der Waals surface area contributed by atoms with Crippen molar-refractivity contribution in [3.05, 3.63) is 54.6 Å². The van der Waals surface area contributed by atoms with Crippen molar-refractivity contribution in [3.63, 3.8) is 0 Å². The van der Waals surface area contributed by atoms with E-state index in [4.69, 9.17) is 0 Å². The molecule has 2 heterocycles. The van der Waals surface area contributed by atoms with E-state index >= 15 is 0 Å². The minimum atomic E-state index is -0.266. The fourth-order valence-electron chi connectivity index (χ4n) is 3.96. The van der Waals surface area contributed by atoms with Crippen molar-refractivity contribution in [2.75, 3.05) is 18.0 Å². The number of benzene rings is 2. The van der Waals surface area contributed by atoms with E-state index in [0.717, 1.165) is 23.2 Å². The van der Waals surface area contributed by atoms with Gasteiger partial charge >= 0.3 is 0 Å². The number of hydrazine groups is 1. The van der Waals surface area contributed by atoms with Gasteiger partial charge < -0.3 is 9.80 Å². The lowest BCUT2D eigenvalue weighted by molar-refractivity contribution is -0.140. The Morgan fingerprint density at radius 2 is 1.75 bits per heavy atom. The predicted molar refractivity (Wildman–Crippen MR) is 110 cm³/mol. The maximum absolute atomic E-state index is 12.9. The predicted octanol–water partition coefficient (Wildman–Crippen LogP) is 2.17. The van der Waals surface area contributed by atoms with E-state index < -0.39 is 0 Å². The Morgan fingerprint density at radius 1 is 1.00 bits per heavy atom. The lowest BCUT2D eigenvalue weighted by Gasteiger charge is -2.40. The van der Waals surface area contributed by atoms with Crippen LogP contribution in [0.5, 0.6) is 0 Å². The van der Waals surface area contributed by atoms with Crippen LogP contribution in [0, 0.1) is 0 Å². The fraction of sp³-hybridized carbons (Fsp3) is 0.364. The van der Waals surface area contributed by atoms with E-state index in [2.05, 4.69) is 23.0 Å². The fourth-order valence-corrected chi connectivity index (χ4v) is 3.96. The van der Waals surface area contributed by atoms with Gasteiger partial charge in [-0.1, -0.05) is 42.5 Å². The van der Waals surface area contributed by atoms with Gasteiger partial charge in [0, 0.05) is 24.3 Å². The Balaban J connectivity index is 1.51. The molecule has 0 saturated carbocycles. The van der Waals surface area contributed by atoms with Gasteiger partial charge in [0.2, 0.25) is 11.8 Å². The molecular weight excluding hydrogens is 352 g/mol. The van der Waals surface area contributed by atoms with Crippen molar-refractivity contribution in [1.29, 1.82) is 0 Å². The second-order valence-electron chi connectivity index (χ2n) is 7.71. The summed E-state index contributed by atoms with van der Waals surface area (Å²) >= 11 is 0. The highest BCUT2D eigenvalue weighted by Gasteiger charge is 2.38. The van der Waals surface area contributed by atoms with E-state index in [0.29, 0.717) is 6.54 Å². The number of carbonyl (C=O) groups is 2. The molecule has 6 nitrogen and oxygen atoms in total. The minimum Gasteiger partial charge on any atom is -0.327 e. The average molecular weight is 378 g/mol. The van der Waals surface area contributed by atoms with Crippen molar-refractivity contribution >= 4 is 17.5 Å². The molecule has 3 atom stereocenters. The lowest BCUT2D eigenvalue weighted by atomic mass is 10.0. The number of nitrogens with one attached hydrogen (secondary N) is 2. The number of hydrogen-bond donors (Lipinski definition) is 2. The Bertz CT molecular complexity index is 870. The summed E-state index contributed by atoms with van der Waals surface area (Å²) in [4.78, 5) is 29.2. The first-order valence-electron chi connectivity index (χ1n) is 9.80. The number of amides is 2. The second kappa shape index (κ2) is 7.73. The molecule has 2 amide bonds. The van der Waals surface area contributed by atoms with Gasteiger partial charge in [-0.15, -0.1) is 0 Å². The molecule has 4 rings (SSSR count). The standard InChI is InChI=1S/C22H26N4O2/c1-15-11-20(24-23-15)22(28)25-14-21(27)26(13-16(25)2)19-10-6-9-18(12-19)17-7-4-3-5-8-17/h3-10,12,15-16,20,23-24H,11,13-14H2,1-2H3. The van der Waals surface area contributed by atoms with Crippen molar-refractivity contribution in [3.8, 4) is 11.1 Å². The van der Waals surface area contributed by atoms with Crippen LogP contribution in [0.25, 0.3) is 11.1 Å². The van der Waals surface area contributed by atoms with Crippen molar-refractivity contribution < 1.29 is 9.59 Å². The molecule has 2 N–H and O–H groups in total. The lowest BCUT2D eigenvalue weighted by Crippen LogP contribution is -2.60. The quantitative estimate of drug-likeness (QED) is 0.859. The van der Waals surface area contributed by atoms with Gasteiger partial charge in [-0.05, 0) is 43.5 Å². The van der Waals surface area contributed by atoms with Crippen LogP contribution in [0.1, 0.15) is 20.3 Å². The Kier molecular flexibility index (Phi) is 5.15. The second-order valence-corrected chi connectivity index (χ2v) is 7.71. The normalized spacial score (nSPS) is 25.2. The third-order valence-electron chi connectivity index (χ3n) is 5.52. The molecule has 2 aromatic carbocycles. The average Bonchev–Trinajstić information content (AvgIpc) is 3.16. The summed E-state index contributed by atoms with van der Waals surface area (Å²) in [6.45, 7) is 4.65. The van der Waals surface area contributed by atoms with Gasteiger partial charge in [0.05, 0.1) is 0 Å². The number of nitrogens with zero attached hydrogens (tertiary/aromatic N) is 2. The molecule has 3 unspecified atom stereocenters. The Labute approximate surface area is 165 Å². The largest absolute Gasteiger partial charge is 0.327 e. The third kappa shape index (κ3) is 3.66. The summed E-state index contributed by atoms with van der Waals surface area (Å²) in [7, 11) is 0. The summed E-state index contributed by atoms with van der Waals surface area (Å²) in [5.41, 5.74) is 9.19. The molecule has 0 bridgehead atoms. The zero-order valence-electron chi connectivity index (χ0n) is 16.3. The van der Waals surface area contributed by atoms with Crippen LogP contribution in [-0.4, -0.2) is 47.9 Å². The highest BCUT2D eigenvalue weighted by Crippen LogP contribution is 2.27. The monoisotopic (exact) mass is 378 g/mol. The van der Waals surface area contributed by atoms with Crippen molar-refractivity contribution in [1.82, 2.24) is 15.8 Å². The van der Waals surface area contributed by atoms with Crippen LogP contribution in [0.15, 0.2) is 54.6 Å². The molecular formula is C22H26N4O2. The summed E-state index contributed by atoms with van der Waals surface area (Å²) < 4.78 is 0. The van der Waals surface area contributed by atoms with Crippen LogP contribution in [0.4, 0.5) is 5.69 Å². The molecule has 2 aromatic rings. The van der Waals surface area contributed by atoms with Gasteiger partial charge in [0.25, 0.3) is 0 Å². The highest BCUT2D eigenvalue weighted by atomic mass is 16.2. The molecule has 146 valence electrons. The van der Waals surface area contributed by atoms with Crippen molar-refractivity contribution in [2.24, 2.45) is 0 Å². The molecule has 0 radical (unpaired) electrons. The Morgan fingerprint density at radius 3 is 2.46 bits per heavy atom. The molecule has 0 spiro atoms. The molecule has 0 aliphatic carbocycles. The zero-order chi connectivity index (χ0) is 19.7. The molecule has 0 aromatic heterocycles. The number of carbonyl (C=O) groups excluding carboxylic acids is 2. The summed E-state index contributed by atoms with van der Waals surface area (Å²) in [5.74, 6) is -0.0500. The van der Waals surface area contributed by atoms with E-state index in [1.807, 2.05) is 56.3 Å². The van der Waals surface area contributed by atoms with E-state index in [9.17, 15) is 9.59 Å². The minimum absolute atomic E-state index is 0.00427. The van der Waals surface area contributed by atoms with Crippen LogP contribution in [0.3, 0.4) is 0 Å². The van der Waals surface area contributed by atoms with E-state index in [1.165, 1.54) is 0 Å². The van der Waals surface area contributed by atoms with Gasteiger partial charge in [0.15, 0.2) is 0 Å². The SMILES string of the molecule is CC1CC(C(=O)N2CC(=O)N(c3cccc(-c4ccccc4)c3)CC2C)NN1. The van der Waals surface area contributed by atoms with Crippen LogP contribution in [-0.2, 0) is 9.59 Å². The first-order valence-corrected chi connectivity index (χ1v) is 9.80. The topological polar surface area (TPSA) is 64.7 Å². The van der Waals surface area contributed by atoms with Gasteiger partial charge in [0.1, 0.15) is 12.6 Å². The summed E-state index contributed by atoms with van der Waals surface area (Å²) in [5, 5.41) is 0. The molecule has 2 saturated heterocycles. The van der Waals surface area contributed by atoms with E-state index in [1.54, 1.807) is 9.80 Å². The Hall–Kier alpha value is -2.70. The smallest absolute Gasteiger partial charge is 0.246 e. The highest BCUT2D eigenvalue weighted by molar-refractivity contribution is 5.99.